The van der Waals surface area contributed by atoms with Crippen LogP contribution in [0.15, 0.2) is 85.3 Å². The fraction of sp³-hybridized carbons (Fsp3) is 0.176. The van der Waals surface area contributed by atoms with Crippen molar-refractivity contribution in [1.82, 2.24) is 24.1 Å². The van der Waals surface area contributed by atoms with Crippen molar-refractivity contribution in [3.63, 3.8) is 0 Å². The van der Waals surface area contributed by atoms with Crippen molar-refractivity contribution in [3.8, 4) is 17.1 Å². The lowest BCUT2D eigenvalue weighted by Gasteiger charge is -2.12. The molecule has 1 N–H and O–H groups in total. The first-order valence-corrected chi connectivity index (χ1v) is 14.1. The number of aromatic nitrogens is 5. The van der Waals surface area contributed by atoms with Gasteiger partial charge in [0.15, 0.2) is 0 Å². The second-order valence-electron chi connectivity index (χ2n) is 10.5. The zero-order valence-electron chi connectivity index (χ0n) is 24.2. The third-order valence-corrected chi connectivity index (χ3v) is 7.54. The Morgan fingerprint density at radius 1 is 0.955 bits per heavy atom. The first-order valence-electron chi connectivity index (χ1n) is 14.1. The Balaban J connectivity index is 1.27. The number of pyridine rings is 1. The second kappa shape index (κ2) is 12.1. The zero-order valence-corrected chi connectivity index (χ0v) is 24.2. The van der Waals surface area contributed by atoms with Crippen molar-refractivity contribution in [2.24, 2.45) is 0 Å². The smallest absolute Gasteiger partial charge is 0.335 e. The Labute approximate surface area is 252 Å². The first-order chi connectivity index (χ1) is 21.3. The molecule has 0 spiro atoms. The monoisotopic (exact) mass is 593 g/mol. The van der Waals surface area contributed by atoms with E-state index in [-0.39, 0.29) is 24.4 Å². The topological polar surface area (TPSA) is 95.1 Å². The van der Waals surface area contributed by atoms with Crippen LogP contribution in [0, 0.1) is 18.6 Å². The van der Waals surface area contributed by atoms with Crippen LogP contribution >= 0.6 is 0 Å². The predicted molar refractivity (Wildman–Crippen MR) is 162 cm³/mol. The molecule has 0 radical (unpaired) electrons. The molecule has 0 aliphatic rings. The molecule has 6 rings (SSSR count). The number of nitrogens with zero attached hydrogens (tertiary/aromatic N) is 5. The minimum atomic E-state index is -1.04. The molecule has 0 saturated heterocycles. The van der Waals surface area contributed by atoms with Gasteiger partial charge in [-0.2, -0.15) is 0 Å². The van der Waals surface area contributed by atoms with Crippen molar-refractivity contribution < 1.29 is 23.4 Å². The average Bonchev–Trinajstić information content (AvgIpc) is 3.61. The van der Waals surface area contributed by atoms with Gasteiger partial charge in [-0.1, -0.05) is 30.3 Å². The molecular weight excluding hydrogens is 564 g/mol. The maximum absolute atomic E-state index is 15.6. The summed E-state index contributed by atoms with van der Waals surface area (Å²) in [5, 5.41) is 9.57. The van der Waals surface area contributed by atoms with E-state index in [4.69, 9.17) is 9.72 Å². The van der Waals surface area contributed by atoms with E-state index in [9.17, 15) is 14.3 Å². The number of ether oxygens (including phenoxy) is 1. The van der Waals surface area contributed by atoms with Crippen molar-refractivity contribution >= 4 is 17.0 Å². The summed E-state index contributed by atoms with van der Waals surface area (Å²) in [6.07, 6.45) is 3.68. The fourth-order valence-corrected chi connectivity index (χ4v) is 5.14. The van der Waals surface area contributed by atoms with Crippen LogP contribution in [0.5, 0.6) is 5.88 Å². The minimum absolute atomic E-state index is 0.0177. The summed E-state index contributed by atoms with van der Waals surface area (Å²) >= 11 is 0. The highest BCUT2D eigenvalue weighted by molar-refractivity contribution is 5.92. The summed E-state index contributed by atoms with van der Waals surface area (Å²) in [4.78, 5) is 25.2. The number of carboxylic acids is 1. The zero-order chi connectivity index (χ0) is 30.8. The predicted octanol–water partition coefficient (Wildman–Crippen LogP) is 6.82. The maximum Gasteiger partial charge on any atom is 0.335 e. The van der Waals surface area contributed by atoms with Gasteiger partial charge in [-0.05, 0) is 61.4 Å². The maximum atomic E-state index is 15.6. The second-order valence-corrected chi connectivity index (χ2v) is 10.5. The van der Waals surface area contributed by atoms with Crippen molar-refractivity contribution in [1.29, 1.82) is 0 Å². The molecule has 0 aliphatic heterocycles. The number of fused-ring (bicyclic) bond motifs is 1. The Morgan fingerprint density at radius 2 is 1.77 bits per heavy atom. The number of carbonyl (C=O) groups is 1. The summed E-state index contributed by atoms with van der Waals surface area (Å²) in [5.41, 5.74) is 5.07. The van der Waals surface area contributed by atoms with Gasteiger partial charge in [0.25, 0.3) is 0 Å². The fourth-order valence-electron chi connectivity index (χ4n) is 5.14. The highest BCUT2D eigenvalue weighted by Gasteiger charge is 2.18. The first kappa shape index (κ1) is 28.7. The molecule has 8 nitrogen and oxygen atoms in total. The summed E-state index contributed by atoms with van der Waals surface area (Å²) in [5.74, 6) is -0.916. The van der Waals surface area contributed by atoms with E-state index >= 15 is 4.39 Å². The van der Waals surface area contributed by atoms with E-state index in [1.165, 1.54) is 18.2 Å². The summed E-state index contributed by atoms with van der Waals surface area (Å²) < 4.78 is 39.5. The number of carboxylic acid groups (broad SMARTS) is 1. The number of rotatable bonds is 10. The molecular formula is C34H29F2N5O3. The van der Waals surface area contributed by atoms with Gasteiger partial charge in [-0.25, -0.2) is 28.5 Å². The SMILES string of the molecule is CCn1cncc1Cn1c(Cc2ccc(-c3cccc(OCc4ccc(C)cc4F)n3)cc2F)nc2ccc(C(=O)O)cc21. The Bertz CT molecular complexity index is 2000. The highest BCUT2D eigenvalue weighted by atomic mass is 19.1. The molecule has 0 unspecified atom stereocenters. The number of aryl methyl sites for hydroxylation is 2. The summed E-state index contributed by atoms with van der Waals surface area (Å²) in [6.45, 7) is 4.96. The van der Waals surface area contributed by atoms with Crippen molar-refractivity contribution in [2.75, 3.05) is 0 Å². The van der Waals surface area contributed by atoms with Gasteiger partial charge in [0, 0.05) is 36.4 Å². The van der Waals surface area contributed by atoms with Gasteiger partial charge in [0.2, 0.25) is 5.88 Å². The molecule has 0 atom stereocenters. The third kappa shape index (κ3) is 5.92. The van der Waals surface area contributed by atoms with E-state index in [0.717, 1.165) is 17.8 Å². The summed E-state index contributed by atoms with van der Waals surface area (Å²) in [7, 11) is 0. The molecule has 0 fully saturated rings. The number of benzene rings is 3. The van der Waals surface area contributed by atoms with E-state index in [1.807, 2.05) is 29.0 Å². The molecule has 44 heavy (non-hydrogen) atoms. The molecule has 3 aromatic heterocycles. The van der Waals surface area contributed by atoms with Crippen LogP contribution in [0.2, 0.25) is 0 Å². The molecule has 10 heteroatoms. The van der Waals surface area contributed by atoms with Gasteiger partial charge < -0.3 is 19.0 Å². The van der Waals surface area contributed by atoms with Crippen LogP contribution in [-0.2, 0) is 26.1 Å². The van der Waals surface area contributed by atoms with E-state index in [0.29, 0.717) is 51.7 Å². The van der Waals surface area contributed by atoms with Crippen LogP contribution in [-0.4, -0.2) is 35.2 Å². The Kier molecular flexibility index (Phi) is 7.89. The van der Waals surface area contributed by atoms with Crippen LogP contribution in [0.25, 0.3) is 22.3 Å². The lowest BCUT2D eigenvalue weighted by atomic mass is 10.1. The van der Waals surface area contributed by atoms with Crippen LogP contribution in [0.1, 0.15) is 45.5 Å². The number of halogens is 2. The van der Waals surface area contributed by atoms with E-state index in [1.54, 1.807) is 61.1 Å². The molecule has 222 valence electrons. The number of imidazole rings is 2. The minimum Gasteiger partial charge on any atom is -0.478 e. The Hall–Kier alpha value is -5.38. The Morgan fingerprint density at radius 3 is 2.55 bits per heavy atom. The largest absolute Gasteiger partial charge is 0.478 e. The molecule has 3 heterocycles. The lowest BCUT2D eigenvalue weighted by molar-refractivity contribution is 0.0697. The van der Waals surface area contributed by atoms with Crippen molar-refractivity contribution in [2.45, 2.75) is 40.0 Å². The molecule has 0 amide bonds. The average molecular weight is 594 g/mol. The quantitative estimate of drug-likeness (QED) is 0.187. The molecule has 0 saturated carbocycles. The molecule has 0 aliphatic carbocycles. The number of hydrogen-bond acceptors (Lipinski definition) is 5. The normalized spacial score (nSPS) is 11.3. The van der Waals surface area contributed by atoms with E-state index in [2.05, 4.69) is 9.97 Å². The van der Waals surface area contributed by atoms with Gasteiger partial charge in [0.05, 0.1) is 40.9 Å². The van der Waals surface area contributed by atoms with Crippen LogP contribution < -0.4 is 4.74 Å². The molecule has 0 bridgehead atoms. The van der Waals surface area contributed by atoms with Crippen molar-refractivity contribution in [3.05, 3.63) is 131 Å². The third-order valence-electron chi connectivity index (χ3n) is 7.54. The van der Waals surface area contributed by atoms with E-state index < -0.39 is 11.8 Å². The highest BCUT2D eigenvalue weighted by Crippen LogP contribution is 2.26. The van der Waals surface area contributed by atoms with Crippen LogP contribution in [0.4, 0.5) is 8.78 Å². The standard InChI is InChI=1S/C34H29F2N5O3/c1-3-40-20-37-17-26(40)18-41-31-15-24(34(42)43)11-12-30(31)38-32(41)16-22-9-10-23(14-28(22)36)29-5-4-6-33(39-29)44-19-25-8-7-21(2)13-27(25)35/h4-15,17,20H,3,16,18-19H2,1-2H3,(H,42,43). The summed E-state index contributed by atoms with van der Waals surface area (Å²) in [6, 6.07) is 19.8. The van der Waals surface area contributed by atoms with Gasteiger partial charge in [-0.15, -0.1) is 0 Å². The van der Waals surface area contributed by atoms with Gasteiger partial charge >= 0.3 is 5.97 Å². The van der Waals surface area contributed by atoms with Gasteiger partial charge in [-0.3, -0.25) is 0 Å². The number of hydrogen-bond donors (Lipinski definition) is 1. The lowest BCUT2D eigenvalue weighted by Crippen LogP contribution is -2.10. The number of aromatic carboxylic acids is 1. The molecule has 6 aromatic rings. The molecule has 3 aromatic carbocycles. The van der Waals surface area contributed by atoms with Gasteiger partial charge in [0.1, 0.15) is 24.1 Å². The van der Waals surface area contributed by atoms with Crippen LogP contribution in [0.3, 0.4) is 0 Å².